The van der Waals surface area contributed by atoms with Crippen molar-refractivity contribution in [3.05, 3.63) is 12.7 Å². The lowest BCUT2D eigenvalue weighted by molar-refractivity contribution is -0.145. The Balaban J connectivity index is 2.31. The molecule has 0 aliphatic carbocycles. The summed E-state index contributed by atoms with van der Waals surface area (Å²) in [5.41, 5.74) is 3.06. The molecule has 1 aliphatic rings. The van der Waals surface area contributed by atoms with E-state index < -0.39 is 0 Å². The summed E-state index contributed by atoms with van der Waals surface area (Å²) in [6, 6.07) is -0.167. The Morgan fingerprint density at radius 1 is 1.85 bits per heavy atom. The third kappa shape index (κ3) is 2.82. The molecule has 4 nitrogen and oxygen atoms in total. The van der Waals surface area contributed by atoms with Gasteiger partial charge in [-0.15, -0.1) is 6.58 Å². The number of nitrogens with zero attached hydrogens (tertiary/aromatic N) is 1. The van der Waals surface area contributed by atoms with Gasteiger partial charge in [0.15, 0.2) is 0 Å². The van der Waals surface area contributed by atoms with E-state index in [1.54, 1.807) is 6.08 Å². The minimum Gasteiger partial charge on any atom is -0.465 e. The Bertz CT molecular complexity index is 194. The lowest BCUT2D eigenvalue weighted by atomic mass is 10.2. The van der Waals surface area contributed by atoms with Gasteiger partial charge in [0.2, 0.25) is 0 Å². The summed E-state index contributed by atoms with van der Waals surface area (Å²) in [6.45, 7) is 7.52. The highest BCUT2D eigenvalue weighted by atomic mass is 16.5. The van der Waals surface area contributed by atoms with Crippen LogP contribution in [0, 0.1) is 0 Å². The topological polar surface area (TPSA) is 41.6 Å². The molecule has 0 bridgehead atoms. The highest BCUT2D eigenvalue weighted by Crippen LogP contribution is 2.06. The zero-order chi connectivity index (χ0) is 9.68. The number of ether oxygens (including phenoxy) is 1. The van der Waals surface area contributed by atoms with E-state index in [1.165, 1.54) is 0 Å². The van der Waals surface area contributed by atoms with E-state index in [4.69, 9.17) is 4.74 Å². The zero-order valence-corrected chi connectivity index (χ0v) is 7.95. The van der Waals surface area contributed by atoms with Gasteiger partial charge in [-0.25, -0.2) is 10.4 Å². The summed E-state index contributed by atoms with van der Waals surface area (Å²) in [6.07, 6.45) is 2.62. The van der Waals surface area contributed by atoms with Gasteiger partial charge in [-0.05, 0) is 13.3 Å². The second kappa shape index (κ2) is 4.99. The van der Waals surface area contributed by atoms with Gasteiger partial charge in [0, 0.05) is 13.1 Å². The number of carbonyl (C=O) groups is 1. The van der Waals surface area contributed by atoms with Gasteiger partial charge < -0.3 is 4.74 Å². The van der Waals surface area contributed by atoms with E-state index in [1.807, 2.05) is 11.9 Å². The van der Waals surface area contributed by atoms with Crippen molar-refractivity contribution < 1.29 is 9.53 Å². The first-order chi connectivity index (χ1) is 6.27. The van der Waals surface area contributed by atoms with Gasteiger partial charge in [0.05, 0.1) is 6.61 Å². The summed E-state index contributed by atoms with van der Waals surface area (Å²) < 4.78 is 4.90. The summed E-state index contributed by atoms with van der Waals surface area (Å²) in [4.78, 5) is 11.3. The molecule has 74 valence electrons. The molecule has 1 atom stereocenters. The van der Waals surface area contributed by atoms with Gasteiger partial charge >= 0.3 is 5.97 Å². The minimum absolute atomic E-state index is 0.158. The molecular formula is C9H16N2O2. The molecule has 0 aromatic rings. The third-order valence-corrected chi connectivity index (χ3v) is 1.95. The molecule has 0 aromatic heterocycles. The van der Waals surface area contributed by atoms with Crippen LogP contribution >= 0.6 is 0 Å². The molecular weight excluding hydrogens is 168 g/mol. The van der Waals surface area contributed by atoms with Gasteiger partial charge in [-0.1, -0.05) is 6.08 Å². The fourth-order valence-corrected chi connectivity index (χ4v) is 1.35. The van der Waals surface area contributed by atoms with Crippen molar-refractivity contribution in [2.75, 3.05) is 19.7 Å². The van der Waals surface area contributed by atoms with Crippen LogP contribution in [0.4, 0.5) is 0 Å². The van der Waals surface area contributed by atoms with Gasteiger partial charge in [0.1, 0.15) is 6.04 Å². The van der Waals surface area contributed by atoms with E-state index in [2.05, 4.69) is 12.0 Å². The maximum atomic E-state index is 11.3. The Hall–Kier alpha value is -0.870. The van der Waals surface area contributed by atoms with Crippen LogP contribution in [0.1, 0.15) is 13.3 Å². The number of hydrogen-bond donors (Lipinski definition) is 1. The van der Waals surface area contributed by atoms with E-state index in [9.17, 15) is 4.79 Å². The first-order valence-corrected chi connectivity index (χ1v) is 4.56. The number of nitrogens with one attached hydrogen (secondary N) is 1. The molecule has 1 fully saturated rings. The first kappa shape index (κ1) is 10.2. The molecule has 0 aromatic carbocycles. The summed E-state index contributed by atoms with van der Waals surface area (Å²) >= 11 is 0. The summed E-state index contributed by atoms with van der Waals surface area (Å²) in [7, 11) is 0. The van der Waals surface area contributed by atoms with E-state index in [0.717, 1.165) is 19.5 Å². The third-order valence-electron chi connectivity index (χ3n) is 1.95. The van der Waals surface area contributed by atoms with Crippen LogP contribution in [-0.4, -0.2) is 36.7 Å². The molecule has 1 aliphatic heterocycles. The molecule has 0 amide bonds. The van der Waals surface area contributed by atoms with Crippen LogP contribution < -0.4 is 5.43 Å². The molecule has 1 heterocycles. The average molecular weight is 184 g/mol. The molecule has 13 heavy (non-hydrogen) atoms. The fourth-order valence-electron chi connectivity index (χ4n) is 1.35. The summed E-state index contributed by atoms with van der Waals surface area (Å²) in [5, 5.41) is 1.97. The maximum absolute atomic E-state index is 11.3. The van der Waals surface area contributed by atoms with Crippen molar-refractivity contribution in [3.8, 4) is 0 Å². The lowest BCUT2D eigenvalue weighted by Gasteiger charge is -2.14. The van der Waals surface area contributed by atoms with Gasteiger partial charge in [-0.2, -0.15) is 0 Å². The smallest absolute Gasteiger partial charge is 0.324 e. The van der Waals surface area contributed by atoms with E-state index in [-0.39, 0.29) is 12.0 Å². The van der Waals surface area contributed by atoms with Crippen molar-refractivity contribution in [1.82, 2.24) is 10.4 Å². The highest BCUT2D eigenvalue weighted by Gasteiger charge is 2.27. The lowest BCUT2D eigenvalue weighted by Crippen LogP contribution is -2.40. The predicted octanol–water partition coefficient (Wildman–Crippen LogP) is 0.314. The van der Waals surface area contributed by atoms with Crippen LogP contribution in [0.5, 0.6) is 0 Å². The molecule has 1 unspecified atom stereocenters. The largest absolute Gasteiger partial charge is 0.465 e. The molecule has 0 saturated carbocycles. The SMILES string of the molecule is C=CCN1CCC(C(=O)OCC)N1. The Labute approximate surface area is 78.5 Å². The number of hydrazine groups is 1. The van der Waals surface area contributed by atoms with Crippen LogP contribution in [0.3, 0.4) is 0 Å². The second-order valence-corrected chi connectivity index (χ2v) is 2.96. The monoisotopic (exact) mass is 184 g/mol. The minimum atomic E-state index is -0.167. The standard InChI is InChI=1S/C9H16N2O2/c1-3-6-11-7-5-8(10-11)9(12)13-4-2/h3,8,10H,1,4-7H2,2H3. The average Bonchev–Trinajstić information content (AvgIpc) is 2.54. The predicted molar refractivity (Wildman–Crippen MR) is 49.9 cm³/mol. The first-order valence-electron chi connectivity index (χ1n) is 4.56. The Morgan fingerprint density at radius 3 is 3.23 bits per heavy atom. The molecule has 1 rings (SSSR count). The number of carbonyl (C=O) groups excluding carboxylic acids is 1. The van der Waals surface area contributed by atoms with Crippen molar-refractivity contribution >= 4 is 5.97 Å². The van der Waals surface area contributed by atoms with Gasteiger partial charge in [-0.3, -0.25) is 4.79 Å². The van der Waals surface area contributed by atoms with Crippen LogP contribution in [-0.2, 0) is 9.53 Å². The number of hydrogen-bond acceptors (Lipinski definition) is 4. The second-order valence-electron chi connectivity index (χ2n) is 2.96. The van der Waals surface area contributed by atoms with Crippen LogP contribution in [0.25, 0.3) is 0 Å². The van der Waals surface area contributed by atoms with Crippen LogP contribution in [0.15, 0.2) is 12.7 Å². The van der Waals surface area contributed by atoms with Crippen molar-refractivity contribution in [2.24, 2.45) is 0 Å². The van der Waals surface area contributed by atoms with Crippen molar-refractivity contribution in [3.63, 3.8) is 0 Å². The van der Waals surface area contributed by atoms with Gasteiger partial charge in [0.25, 0.3) is 0 Å². The Morgan fingerprint density at radius 2 is 2.62 bits per heavy atom. The molecule has 4 heteroatoms. The van der Waals surface area contributed by atoms with Crippen LogP contribution in [0.2, 0.25) is 0 Å². The fraction of sp³-hybridized carbons (Fsp3) is 0.667. The highest BCUT2D eigenvalue weighted by molar-refractivity contribution is 5.75. The molecule has 1 N–H and O–H groups in total. The van der Waals surface area contributed by atoms with E-state index in [0.29, 0.717) is 6.61 Å². The van der Waals surface area contributed by atoms with Crippen molar-refractivity contribution in [2.45, 2.75) is 19.4 Å². The normalized spacial score (nSPS) is 23.0. The zero-order valence-electron chi connectivity index (χ0n) is 7.95. The number of rotatable bonds is 4. The van der Waals surface area contributed by atoms with E-state index >= 15 is 0 Å². The molecule has 0 spiro atoms. The van der Waals surface area contributed by atoms with Crippen molar-refractivity contribution in [1.29, 1.82) is 0 Å². The number of esters is 1. The molecule has 1 saturated heterocycles. The summed E-state index contributed by atoms with van der Waals surface area (Å²) in [5.74, 6) is -0.158. The quantitative estimate of drug-likeness (QED) is 0.504. The maximum Gasteiger partial charge on any atom is 0.324 e. The Kier molecular flexibility index (Phi) is 3.92. The molecule has 0 radical (unpaired) electrons.